The zero-order valence-corrected chi connectivity index (χ0v) is 11.5. The molecule has 2 rings (SSSR count). The van der Waals surface area contributed by atoms with E-state index < -0.39 is 11.6 Å². The van der Waals surface area contributed by atoms with Crippen molar-refractivity contribution in [1.29, 1.82) is 0 Å². The third-order valence-electron chi connectivity index (χ3n) is 2.92. The van der Waals surface area contributed by atoms with Crippen LogP contribution in [-0.2, 0) is 9.53 Å². The van der Waals surface area contributed by atoms with Gasteiger partial charge in [0.05, 0.1) is 0 Å². The first-order valence-corrected chi connectivity index (χ1v) is 6.42. The molecule has 0 saturated carbocycles. The SMILES string of the molecule is CC(C)(C)OC(=O)[C@H]1CCCN1C(=O)c1ccn[nH]1. The monoisotopic (exact) mass is 265 g/mol. The molecule has 1 saturated heterocycles. The molecule has 1 aromatic heterocycles. The molecule has 1 aliphatic heterocycles. The van der Waals surface area contributed by atoms with Gasteiger partial charge >= 0.3 is 5.97 Å². The quantitative estimate of drug-likeness (QED) is 0.819. The number of hydrogen-bond acceptors (Lipinski definition) is 4. The molecule has 104 valence electrons. The molecule has 1 atom stereocenters. The average molecular weight is 265 g/mol. The predicted octanol–water partition coefficient (Wildman–Crippen LogP) is 1.36. The van der Waals surface area contributed by atoms with Crippen LogP contribution in [0.2, 0.25) is 0 Å². The number of rotatable bonds is 2. The van der Waals surface area contributed by atoms with E-state index in [4.69, 9.17) is 4.74 Å². The number of likely N-dealkylation sites (tertiary alicyclic amines) is 1. The molecule has 19 heavy (non-hydrogen) atoms. The highest BCUT2D eigenvalue weighted by Gasteiger charge is 2.37. The summed E-state index contributed by atoms with van der Waals surface area (Å²) in [4.78, 5) is 25.9. The normalized spacial score (nSPS) is 19.5. The molecule has 1 aromatic rings. The fourth-order valence-electron chi connectivity index (χ4n) is 2.15. The van der Waals surface area contributed by atoms with Crippen molar-refractivity contribution in [3.63, 3.8) is 0 Å². The molecule has 1 amide bonds. The van der Waals surface area contributed by atoms with E-state index in [1.54, 1.807) is 11.0 Å². The molecule has 0 unspecified atom stereocenters. The molecular weight excluding hydrogens is 246 g/mol. The fourth-order valence-corrected chi connectivity index (χ4v) is 2.15. The zero-order valence-electron chi connectivity index (χ0n) is 11.5. The van der Waals surface area contributed by atoms with Crippen molar-refractivity contribution in [3.8, 4) is 0 Å². The smallest absolute Gasteiger partial charge is 0.329 e. The summed E-state index contributed by atoms with van der Waals surface area (Å²) in [5.74, 6) is -0.538. The lowest BCUT2D eigenvalue weighted by Crippen LogP contribution is -2.43. The van der Waals surface area contributed by atoms with Gasteiger partial charge in [-0.15, -0.1) is 0 Å². The minimum Gasteiger partial charge on any atom is -0.458 e. The number of hydrogen-bond donors (Lipinski definition) is 1. The number of aromatic amines is 1. The van der Waals surface area contributed by atoms with E-state index in [0.29, 0.717) is 18.7 Å². The van der Waals surface area contributed by atoms with Gasteiger partial charge in [-0.1, -0.05) is 0 Å². The second-order valence-corrected chi connectivity index (χ2v) is 5.66. The van der Waals surface area contributed by atoms with Gasteiger partial charge in [-0.25, -0.2) is 4.79 Å². The van der Waals surface area contributed by atoms with Crippen molar-refractivity contribution < 1.29 is 14.3 Å². The fraction of sp³-hybridized carbons (Fsp3) is 0.615. The van der Waals surface area contributed by atoms with Crippen molar-refractivity contribution in [3.05, 3.63) is 18.0 Å². The first-order valence-electron chi connectivity index (χ1n) is 6.42. The Hall–Kier alpha value is -1.85. The Morgan fingerprint density at radius 3 is 2.79 bits per heavy atom. The molecule has 1 aliphatic rings. The lowest BCUT2D eigenvalue weighted by molar-refractivity contribution is -0.159. The van der Waals surface area contributed by atoms with Gasteiger partial charge in [-0.2, -0.15) is 5.10 Å². The van der Waals surface area contributed by atoms with Crippen LogP contribution in [0.15, 0.2) is 12.3 Å². The van der Waals surface area contributed by atoms with Crippen LogP contribution >= 0.6 is 0 Å². The average Bonchev–Trinajstić information content (AvgIpc) is 2.97. The summed E-state index contributed by atoms with van der Waals surface area (Å²) in [7, 11) is 0. The molecule has 6 nitrogen and oxygen atoms in total. The highest BCUT2D eigenvalue weighted by Crippen LogP contribution is 2.22. The Morgan fingerprint density at radius 1 is 1.47 bits per heavy atom. The number of amides is 1. The highest BCUT2D eigenvalue weighted by molar-refractivity contribution is 5.95. The molecule has 0 spiro atoms. The van der Waals surface area contributed by atoms with Gasteiger partial charge in [-0.3, -0.25) is 9.89 Å². The first kappa shape index (κ1) is 13.6. The predicted molar refractivity (Wildman–Crippen MR) is 68.5 cm³/mol. The van der Waals surface area contributed by atoms with Gasteiger partial charge in [0.15, 0.2) is 0 Å². The van der Waals surface area contributed by atoms with Crippen LogP contribution in [0, 0.1) is 0 Å². The van der Waals surface area contributed by atoms with Gasteiger partial charge in [0.2, 0.25) is 0 Å². The molecular formula is C13H19N3O3. The van der Waals surface area contributed by atoms with Crippen LogP contribution in [0.25, 0.3) is 0 Å². The van der Waals surface area contributed by atoms with E-state index in [-0.39, 0.29) is 11.9 Å². The number of carbonyl (C=O) groups is 2. The Morgan fingerprint density at radius 2 is 2.21 bits per heavy atom. The van der Waals surface area contributed by atoms with E-state index in [0.717, 1.165) is 6.42 Å². The summed E-state index contributed by atoms with van der Waals surface area (Å²) in [6, 6.07) is 1.11. The van der Waals surface area contributed by atoms with Gasteiger partial charge < -0.3 is 9.64 Å². The molecule has 0 aliphatic carbocycles. The summed E-state index contributed by atoms with van der Waals surface area (Å²) in [5, 5.41) is 6.38. The topological polar surface area (TPSA) is 75.3 Å². The molecule has 6 heteroatoms. The van der Waals surface area contributed by atoms with E-state index in [2.05, 4.69) is 10.2 Å². The van der Waals surface area contributed by atoms with Crippen LogP contribution in [0.4, 0.5) is 0 Å². The number of carbonyl (C=O) groups excluding carboxylic acids is 2. The summed E-state index contributed by atoms with van der Waals surface area (Å²) >= 11 is 0. The van der Waals surface area contributed by atoms with Gasteiger partial charge in [0.25, 0.3) is 5.91 Å². The molecule has 1 N–H and O–H groups in total. The number of aromatic nitrogens is 2. The lowest BCUT2D eigenvalue weighted by Gasteiger charge is -2.27. The lowest BCUT2D eigenvalue weighted by atomic mass is 10.1. The second kappa shape index (κ2) is 5.03. The Bertz CT molecular complexity index is 462. The van der Waals surface area contributed by atoms with Crippen LogP contribution in [-0.4, -0.2) is 45.2 Å². The Kier molecular flexibility index (Phi) is 3.59. The molecule has 0 bridgehead atoms. The van der Waals surface area contributed by atoms with Crippen molar-refractivity contribution >= 4 is 11.9 Å². The van der Waals surface area contributed by atoms with Crippen molar-refractivity contribution in [2.24, 2.45) is 0 Å². The van der Waals surface area contributed by atoms with Gasteiger partial charge in [0.1, 0.15) is 17.3 Å². The van der Waals surface area contributed by atoms with Crippen LogP contribution < -0.4 is 0 Å². The largest absolute Gasteiger partial charge is 0.458 e. The number of nitrogens with one attached hydrogen (secondary N) is 1. The van der Waals surface area contributed by atoms with Crippen LogP contribution in [0.1, 0.15) is 44.1 Å². The Balaban J connectivity index is 2.09. The highest BCUT2D eigenvalue weighted by atomic mass is 16.6. The zero-order chi connectivity index (χ0) is 14.0. The summed E-state index contributed by atoms with van der Waals surface area (Å²) in [5.41, 5.74) is -0.141. The number of ether oxygens (including phenoxy) is 1. The van der Waals surface area contributed by atoms with Crippen molar-refractivity contribution in [2.75, 3.05) is 6.54 Å². The number of esters is 1. The van der Waals surface area contributed by atoms with Gasteiger partial charge in [-0.05, 0) is 39.7 Å². The molecule has 2 heterocycles. The first-order chi connectivity index (χ1) is 8.88. The Labute approximate surface area is 112 Å². The minimum atomic E-state index is -0.539. The van der Waals surface area contributed by atoms with Crippen LogP contribution in [0.3, 0.4) is 0 Å². The molecule has 0 radical (unpaired) electrons. The number of nitrogens with zero attached hydrogens (tertiary/aromatic N) is 2. The second-order valence-electron chi connectivity index (χ2n) is 5.66. The third kappa shape index (κ3) is 3.13. The van der Waals surface area contributed by atoms with E-state index in [9.17, 15) is 9.59 Å². The van der Waals surface area contributed by atoms with Crippen molar-refractivity contribution in [2.45, 2.75) is 45.3 Å². The van der Waals surface area contributed by atoms with E-state index in [1.165, 1.54) is 6.20 Å². The standard InChI is InChI=1S/C13H19N3O3/c1-13(2,3)19-12(18)10-5-4-8-16(10)11(17)9-6-7-14-15-9/h6-7,10H,4-5,8H2,1-3H3,(H,14,15)/t10-/m1/s1. The molecule has 1 fully saturated rings. The number of H-pyrrole nitrogens is 1. The maximum Gasteiger partial charge on any atom is 0.329 e. The van der Waals surface area contributed by atoms with Crippen LogP contribution in [0.5, 0.6) is 0 Å². The minimum absolute atomic E-state index is 0.203. The summed E-state index contributed by atoms with van der Waals surface area (Å²) in [6.07, 6.45) is 2.98. The molecule has 0 aromatic carbocycles. The maximum absolute atomic E-state index is 12.2. The third-order valence-corrected chi connectivity index (χ3v) is 2.92. The van der Waals surface area contributed by atoms with E-state index >= 15 is 0 Å². The summed E-state index contributed by atoms with van der Waals surface area (Å²) < 4.78 is 5.36. The summed E-state index contributed by atoms with van der Waals surface area (Å²) in [6.45, 7) is 6.03. The van der Waals surface area contributed by atoms with Crippen molar-refractivity contribution in [1.82, 2.24) is 15.1 Å². The maximum atomic E-state index is 12.2. The van der Waals surface area contributed by atoms with E-state index in [1.807, 2.05) is 20.8 Å². The van der Waals surface area contributed by atoms with Gasteiger partial charge in [0, 0.05) is 12.7 Å².